The first kappa shape index (κ1) is 19.5. The van der Waals surface area contributed by atoms with Gasteiger partial charge in [0.05, 0.1) is 0 Å². The molecule has 5 atom stereocenters. The number of nitrogens with one attached hydrogen (secondary N) is 3. The number of rotatable bonds is 7. The van der Waals surface area contributed by atoms with Gasteiger partial charge in [0.15, 0.2) is 5.96 Å². The molecule has 0 radical (unpaired) electrons. The maximum Gasteiger partial charge on any atom is 0.217 e. The second-order valence-corrected chi connectivity index (χ2v) is 6.71. The molecule has 0 saturated heterocycles. The molecular formula is C17H33N5O. The number of aliphatic imine (C=N–C) groups is 1. The van der Waals surface area contributed by atoms with E-state index < -0.39 is 0 Å². The van der Waals surface area contributed by atoms with Crippen LogP contribution in [0.3, 0.4) is 0 Å². The summed E-state index contributed by atoms with van der Waals surface area (Å²) in [6, 6.07) is 0.174. The summed E-state index contributed by atoms with van der Waals surface area (Å²) < 4.78 is 0. The van der Waals surface area contributed by atoms with Crippen LogP contribution in [-0.4, -0.2) is 37.2 Å². The van der Waals surface area contributed by atoms with Crippen LogP contribution in [0.25, 0.3) is 0 Å². The minimum atomic E-state index is -0.00703. The fourth-order valence-corrected chi connectivity index (χ4v) is 4.20. The molecule has 1 unspecified atom stereocenters. The van der Waals surface area contributed by atoms with Crippen LogP contribution in [-0.2, 0) is 4.79 Å². The summed E-state index contributed by atoms with van der Waals surface area (Å²) in [6.07, 6.45) is 4.92. The van der Waals surface area contributed by atoms with E-state index in [0.29, 0.717) is 17.8 Å². The average molecular weight is 323 g/mol. The Labute approximate surface area is 140 Å². The molecular weight excluding hydrogens is 290 g/mol. The predicted octanol–water partition coefficient (Wildman–Crippen LogP) is 1.75. The van der Waals surface area contributed by atoms with Crippen LogP contribution in [0.4, 0.5) is 0 Å². The van der Waals surface area contributed by atoms with Gasteiger partial charge in [-0.15, -0.1) is 0 Å². The van der Waals surface area contributed by atoms with Gasteiger partial charge in [0.1, 0.15) is 0 Å². The molecule has 1 aliphatic rings. The highest BCUT2D eigenvalue weighted by Gasteiger charge is 2.46. The maximum absolute atomic E-state index is 11.8. The van der Waals surface area contributed by atoms with Crippen molar-refractivity contribution in [2.75, 3.05) is 7.05 Å². The minimum Gasteiger partial charge on any atom is -0.370 e. The second kappa shape index (κ2) is 8.89. The third-order valence-corrected chi connectivity index (χ3v) is 5.30. The number of hydrogen-bond acceptors (Lipinski definition) is 3. The second-order valence-electron chi connectivity index (χ2n) is 6.71. The largest absolute Gasteiger partial charge is 0.370 e. The Morgan fingerprint density at radius 3 is 2.48 bits per heavy atom. The van der Waals surface area contributed by atoms with E-state index in [1.165, 1.54) is 0 Å². The van der Waals surface area contributed by atoms with Crippen molar-refractivity contribution in [3.05, 3.63) is 0 Å². The Morgan fingerprint density at radius 1 is 1.43 bits per heavy atom. The molecule has 1 saturated carbocycles. The highest BCUT2D eigenvalue weighted by molar-refractivity contribution is 5.75. The van der Waals surface area contributed by atoms with Crippen LogP contribution in [0.1, 0.15) is 47.0 Å². The van der Waals surface area contributed by atoms with E-state index in [1.807, 2.05) is 6.21 Å². The zero-order valence-corrected chi connectivity index (χ0v) is 15.1. The third kappa shape index (κ3) is 4.94. The van der Waals surface area contributed by atoms with Gasteiger partial charge in [0.2, 0.25) is 5.91 Å². The molecule has 0 aromatic carbocycles. The SMILES string of the molecule is CCC(CC)C(NC(C)=O)[C@@H]1[C@H](C)[C@@H](/C=N/C)C[C@H]1NC(=N)N. The van der Waals surface area contributed by atoms with Gasteiger partial charge in [-0.2, -0.15) is 0 Å². The van der Waals surface area contributed by atoms with Gasteiger partial charge in [-0.05, 0) is 24.2 Å². The summed E-state index contributed by atoms with van der Waals surface area (Å²) in [7, 11) is 1.79. The third-order valence-electron chi connectivity index (χ3n) is 5.30. The summed E-state index contributed by atoms with van der Waals surface area (Å²) in [6.45, 7) is 8.13. The standard InChI is InChI=1S/C17H33N5O/c1-6-12(7-2)16(21-11(4)23)15-10(3)13(9-20-5)8-14(15)22-17(18)19/h9-10,12-16H,6-8H2,1-5H3,(H,21,23)(H4,18,19,22)/b20-9+/t10-,13-,14-,15-,16?/m1/s1. The summed E-state index contributed by atoms with van der Waals surface area (Å²) in [5.74, 6) is 1.35. The Bertz CT molecular complexity index is 433. The van der Waals surface area contributed by atoms with Crippen LogP contribution < -0.4 is 16.4 Å². The smallest absolute Gasteiger partial charge is 0.217 e. The first-order valence-corrected chi connectivity index (χ1v) is 8.65. The topological polar surface area (TPSA) is 103 Å². The van der Waals surface area contributed by atoms with Gasteiger partial charge in [-0.3, -0.25) is 10.2 Å². The Balaban J connectivity index is 3.14. The van der Waals surface area contributed by atoms with Crippen LogP contribution in [0, 0.1) is 29.1 Å². The first-order chi connectivity index (χ1) is 10.8. The number of hydrogen-bond donors (Lipinski definition) is 4. The molecule has 0 aliphatic heterocycles. The molecule has 1 fully saturated rings. The Hall–Kier alpha value is -1.59. The molecule has 132 valence electrons. The van der Waals surface area contributed by atoms with Crippen molar-refractivity contribution < 1.29 is 4.79 Å². The molecule has 1 rings (SSSR count). The molecule has 1 aliphatic carbocycles. The van der Waals surface area contributed by atoms with Crippen LogP contribution >= 0.6 is 0 Å². The van der Waals surface area contributed by atoms with E-state index in [9.17, 15) is 4.79 Å². The molecule has 0 bridgehead atoms. The monoisotopic (exact) mass is 323 g/mol. The van der Waals surface area contributed by atoms with Gasteiger partial charge in [0, 0.05) is 38.2 Å². The van der Waals surface area contributed by atoms with Crippen molar-refractivity contribution in [2.45, 2.75) is 59.0 Å². The summed E-state index contributed by atoms with van der Waals surface area (Å²) in [5, 5.41) is 13.9. The van der Waals surface area contributed by atoms with Crippen molar-refractivity contribution in [3.8, 4) is 0 Å². The Kier molecular flexibility index (Phi) is 7.52. The van der Waals surface area contributed by atoms with E-state index >= 15 is 0 Å². The molecule has 0 heterocycles. The highest BCUT2D eigenvalue weighted by atomic mass is 16.1. The molecule has 0 spiro atoms. The molecule has 0 aromatic heterocycles. The van der Waals surface area contributed by atoms with E-state index in [2.05, 4.69) is 36.4 Å². The normalized spacial score (nSPS) is 29.0. The predicted molar refractivity (Wildman–Crippen MR) is 95.7 cm³/mol. The van der Waals surface area contributed by atoms with Crippen molar-refractivity contribution in [1.82, 2.24) is 10.6 Å². The molecule has 1 amide bonds. The van der Waals surface area contributed by atoms with Crippen molar-refractivity contribution in [2.24, 2.45) is 34.4 Å². The van der Waals surface area contributed by atoms with Gasteiger partial charge in [0.25, 0.3) is 0 Å². The highest BCUT2D eigenvalue weighted by Crippen LogP contribution is 2.41. The van der Waals surface area contributed by atoms with Crippen LogP contribution in [0.15, 0.2) is 4.99 Å². The lowest BCUT2D eigenvalue weighted by Gasteiger charge is -2.37. The summed E-state index contributed by atoms with van der Waals surface area (Å²) in [5.41, 5.74) is 5.59. The van der Waals surface area contributed by atoms with Crippen LogP contribution in [0.2, 0.25) is 0 Å². The maximum atomic E-state index is 11.8. The fourth-order valence-electron chi connectivity index (χ4n) is 4.20. The van der Waals surface area contributed by atoms with E-state index in [1.54, 1.807) is 14.0 Å². The van der Waals surface area contributed by atoms with E-state index in [0.717, 1.165) is 19.3 Å². The summed E-state index contributed by atoms with van der Waals surface area (Å²) >= 11 is 0. The zero-order valence-electron chi connectivity index (χ0n) is 15.1. The number of amides is 1. The number of carbonyl (C=O) groups is 1. The molecule has 5 N–H and O–H groups in total. The van der Waals surface area contributed by atoms with Gasteiger partial charge in [-0.1, -0.05) is 33.6 Å². The molecule has 6 nitrogen and oxygen atoms in total. The molecule has 23 heavy (non-hydrogen) atoms. The van der Waals surface area contributed by atoms with Crippen LogP contribution in [0.5, 0.6) is 0 Å². The minimum absolute atomic E-state index is 0.00304. The number of nitrogens with zero attached hydrogens (tertiary/aromatic N) is 1. The Morgan fingerprint density at radius 2 is 2.04 bits per heavy atom. The van der Waals surface area contributed by atoms with Crippen molar-refractivity contribution in [1.29, 1.82) is 5.41 Å². The van der Waals surface area contributed by atoms with Gasteiger partial charge in [-0.25, -0.2) is 0 Å². The quantitative estimate of drug-likeness (QED) is 0.424. The van der Waals surface area contributed by atoms with Crippen molar-refractivity contribution in [3.63, 3.8) is 0 Å². The van der Waals surface area contributed by atoms with E-state index in [4.69, 9.17) is 11.1 Å². The number of carbonyl (C=O) groups excluding carboxylic acids is 1. The first-order valence-electron chi connectivity index (χ1n) is 8.65. The lowest BCUT2D eigenvalue weighted by Crippen LogP contribution is -2.53. The van der Waals surface area contributed by atoms with Gasteiger partial charge < -0.3 is 21.4 Å². The number of guanidine groups is 1. The van der Waals surface area contributed by atoms with Crippen molar-refractivity contribution >= 4 is 18.1 Å². The zero-order chi connectivity index (χ0) is 17.6. The number of nitrogens with two attached hydrogens (primary N) is 1. The molecule has 0 aromatic rings. The lowest BCUT2D eigenvalue weighted by molar-refractivity contribution is -0.120. The lowest BCUT2D eigenvalue weighted by atomic mass is 9.77. The molecule has 6 heteroatoms. The summed E-state index contributed by atoms with van der Waals surface area (Å²) in [4.78, 5) is 16.0. The fraction of sp³-hybridized carbons (Fsp3) is 0.824. The average Bonchev–Trinajstić information content (AvgIpc) is 2.74. The van der Waals surface area contributed by atoms with E-state index in [-0.39, 0.29) is 29.9 Å². The van der Waals surface area contributed by atoms with Gasteiger partial charge >= 0.3 is 0 Å².